The normalized spacial score (nSPS) is 15.0. The van der Waals surface area contributed by atoms with E-state index in [1.54, 1.807) is 0 Å². The number of rotatable bonds is 5. The van der Waals surface area contributed by atoms with E-state index in [0.29, 0.717) is 12.5 Å². The van der Waals surface area contributed by atoms with Crippen LogP contribution in [0.5, 0.6) is 11.6 Å². The molecule has 0 saturated carbocycles. The number of hydrogen-bond acceptors (Lipinski definition) is 5. The third-order valence-corrected chi connectivity index (χ3v) is 8.29. The van der Waals surface area contributed by atoms with E-state index in [0.717, 1.165) is 17.1 Å². The molecule has 1 aromatic heterocycles. The molecule has 7 rings (SSSR count). The Morgan fingerprint density at radius 3 is 2.05 bits per heavy atom. The van der Waals surface area contributed by atoms with E-state index in [1.165, 1.54) is 33.4 Å². The summed E-state index contributed by atoms with van der Waals surface area (Å²) in [5, 5.41) is 6.45. The van der Waals surface area contributed by atoms with Gasteiger partial charge in [0.1, 0.15) is 18.8 Å². The minimum atomic E-state index is -0.593. The van der Waals surface area contributed by atoms with Gasteiger partial charge in [-0.25, -0.2) is 9.99 Å². The molecule has 0 saturated heterocycles. The van der Waals surface area contributed by atoms with Crippen LogP contribution in [0.25, 0.3) is 11.1 Å². The zero-order valence-corrected chi connectivity index (χ0v) is 24.5. The van der Waals surface area contributed by atoms with Crippen LogP contribution < -0.4 is 9.75 Å². The Morgan fingerprint density at radius 1 is 0.738 bits per heavy atom. The van der Waals surface area contributed by atoms with Gasteiger partial charge in [0, 0.05) is 19.2 Å². The first-order valence-electron chi connectivity index (χ1n) is 14.4. The minimum absolute atomic E-state index is 0.123. The van der Waals surface area contributed by atoms with Gasteiger partial charge in [-0.2, -0.15) is 5.10 Å². The van der Waals surface area contributed by atoms with Crippen molar-refractivity contribution in [2.24, 2.45) is 5.10 Å². The molecule has 5 heteroatoms. The van der Waals surface area contributed by atoms with Crippen LogP contribution >= 0.6 is 0 Å². The maximum absolute atomic E-state index is 6.60. The summed E-state index contributed by atoms with van der Waals surface area (Å²) >= 11 is 0. The van der Waals surface area contributed by atoms with E-state index in [-0.39, 0.29) is 5.41 Å². The van der Waals surface area contributed by atoms with Crippen molar-refractivity contribution in [2.75, 3.05) is 18.7 Å². The fraction of sp³-hybridized carbons (Fsp3) is 0.189. The first-order chi connectivity index (χ1) is 20.3. The second-order valence-corrected chi connectivity index (χ2v) is 12.2. The molecule has 0 unspecified atom stereocenters. The predicted octanol–water partition coefficient (Wildman–Crippen LogP) is 8.19. The number of aromatic nitrogens is 1. The maximum atomic E-state index is 6.60. The molecule has 42 heavy (non-hydrogen) atoms. The van der Waals surface area contributed by atoms with E-state index >= 15 is 0 Å². The van der Waals surface area contributed by atoms with Crippen molar-refractivity contribution in [3.8, 4) is 22.8 Å². The average molecular weight is 551 g/mol. The number of anilines is 1. The van der Waals surface area contributed by atoms with Gasteiger partial charge in [0.2, 0.25) is 5.88 Å². The van der Waals surface area contributed by atoms with Gasteiger partial charge in [-0.1, -0.05) is 106 Å². The molecule has 0 amide bonds. The molecule has 4 aromatic carbocycles. The monoisotopic (exact) mass is 550 g/mol. The van der Waals surface area contributed by atoms with Crippen molar-refractivity contribution in [1.82, 2.24) is 9.88 Å². The van der Waals surface area contributed by atoms with Gasteiger partial charge < -0.3 is 9.64 Å². The van der Waals surface area contributed by atoms with Gasteiger partial charge in [-0.3, -0.25) is 0 Å². The highest BCUT2D eigenvalue weighted by molar-refractivity contribution is 5.85. The Kier molecular flexibility index (Phi) is 6.12. The SMILES string of the molecule is CN1C=NN(c2cccc(Oc3cc(C(C)(C)C)cc(C4(c5ccccc5)c5ccccc5-c5ccccc54)n3)c2)C1. The summed E-state index contributed by atoms with van der Waals surface area (Å²) < 4.78 is 6.60. The summed E-state index contributed by atoms with van der Waals surface area (Å²) in [5.41, 5.74) is 8.52. The quantitative estimate of drug-likeness (QED) is 0.217. The van der Waals surface area contributed by atoms with Crippen molar-refractivity contribution >= 4 is 12.0 Å². The molecule has 1 aliphatic heterocycles. The third kappa shape index (κ3) is 4.24. The van der Waals surface area contributed by atoms with Gasteiger partial charge in [-0.15, -0.1) is 0 Å². The highest BCUT2D eigenvalue weighted by Gasteiger charge is 2.47. The van der Waals surface area contributed by atoms with E-state index in [4.69, 9.17) is 9.72 Å². The molecule has 0 fully saturated rings. The fourth-order valence-electron chi connectivity index (χ4n) is 6.25. The molecule has 0 radical (unpaired) electrons. The summed E-state index contributed by atoms with van der Waals surface area (Å²) in [5.74, 6) is 1.30. The number of nitrogens with zero attached hydrogens (tertiary/aromatic N) is 4. The van der Waals surface area contributed by atoms with Crippen LogP contribution in [0.1, 0.15) is 48.7 Å². The van der Waals surface area contributed by atoms with Gasteiger partial charge in [-0.05, 0) is 57.0 Å². The van der Waals surface area contributed by atoms with Gasteiger partial charge in [0.15, 0.2) is 0 Å². The summed E-state index contributed by atoms with van der Waals surface area (Å²) in [4.78, 5) is 7.37. The topological polar surface area (TPSA) is 41.0 Å². The molecule has 2 aliphatic rings. The van der Waals surface area contributed by atoms with Crippen molar-refractivity contribution in [1.29, 1.82) is 0 Å². The largest absolute Gasteiger partial charge is 0.439 e. The van der Waals surface area contributed by atoms with E-state index < -0.39 is 5.41 Å². The van der Waals surface area contributed by atoms with Crippen molar-refractivity contribution in [2.45, 2.75) is 31.6 Å². The fourth-order valence-corrected chi connectivity index (χ4v) is 6.25. The zero-order valence-electron chi connectivity index (χ0n) is 24.5. The predicted molar refractivity (Wildman–Crippen MR) is 170 cm³/mol. The summed E-state index contributed by atoms with van der Waals surface area (Å²) in [6, 6.07) is 40.7. The first-order valence-corrected chi connectivity index (χ1v) is 14.4. The maximum Gasteiger partial charge on any atom is 0.219 e. The van der Waals surface area contributed by atoms with Crippen LogP contribution in [-0.4, -0.2) is 29.9 Å². The Labute approximate surface area is 247 Å². The number of pyridine rings is 1. The molecule has 2 heterocycles. The smallest absolute Gasteiger partial charge is 0.219 e. The van der Waals surface area contributed by atoms with Crippen molar-refractivity contribution < 1.29 is 4.74 Å². The Balaban J connectivity index is 1.44. The van der Waals surface area contributed by atoms with Crippen molar-refractivity contribution in [3.63, 3.8) is 0 Å². The summed E-state index contributed by atoms with van der Waals surface area (Å²) in [7, 11) is 2.01. The molecule has 1 aliphatic carbocycles. The Morgan fingerprint density at radius 2 is 1.40 bits per heavy atom. The Bertz CT molecular complexity index is 1760. The molecule has 5 nitrogen and oxygen atoms in total. The number of fused-ring (bicyclic) bond motifs is 3. The second kappa shape index (κ2) is 9.88. The lowest BCUT2D eigenvalue weighted by atomic mass is 9.69. The van der Waals surface area contributed by atoms with Crippen LogP contribution in [0.15, 0.2) is 120 Å². The van der Waals surface area contributed by atoms with Crippen LogP contribution in [0, 0.1) is 0 Å². The Hall–Kier alpha value is -4.90. The summed E-state index contributed by atoms with van der Waals surface area (Å²) in [6.45, 7) is 7.42. The molecule has 208 valence electrons. The lowest BCUT2D eigenvalue weighted by Crippen LogP contribution is -2.30. The summed E-state index contributed by atoms with van der Waals surface area (Å²) in [6.07, 6.45) is 1.83. The molecule has 0 spiro atoms. The van der Waals surface area contributed by atoms with E-state index in [2.05, 4.69) is 117 Å². The lowest BCUT2D eigenvalue weighted by molar-refractivity contribution is 0.453. The van der Waals surface area contributed by atoms with Gasteiger partial charge >= 0.3 is 0 Å². The average Bonchev–Trinajstić information content (AvgIpc) is 3.57. The molecule has 0 atom stereocenters. The van der Waals surface area contributed by atoms with Gasteiger partial charge in [0.25, 0.3) is 0 Å². The van der Waals surface area contributed by atoms with Gasteiger partial charge in [0.05, 0.1) is 16.8 Å². The molecular weight excluding hydrogens is 516 g/mol. The number of benzene rings is 4. The second-order valence-electron chi connectivity index (χ2n) is 12.2. The minimum Gasteiger partial charge on any atom is -0.439 e. The first kappa shape index (κ1) is 26.0. The molecule has 5 aromatic rings. The third-order valence-electron chi connectivity index (χ3n) is 8.29. The standard InChI is InChI=1S/C37H34N4O/c1-36(2,3)27-21-34(39-35(22-27)42-29-16-12-15-28(23-29)41-25-40(4)24-38-41)37(26-13-6-5-7-14-26)32-19-10-8-17-30(32)31-18-9-11-20-33(31)37/h5-24H,25H2,1-4H3. The number of hydrogen-bond donors (Lipinski definition) is 0. The molecular formula is C37H34N4O. The molecule has 0 N–H and O–H groups in total. The van der Waals surface area contributed by atoms with Crippen LogP contribution in [-0.2, 0) is 10.8 Å². The van der Waals surface area contributed by atoms with Crippen LogP contribution in [0.4, 0.5) is 5.69 Å². The van der Waals surface area contributed by atoms with E-state index in [1.807, 2.05) is 47.6 Å². The van der Waals surface area contributed by atoms with Crippen LogP contribution in [0.2, 0.25) is 0 Å². The number of ether oxygens (including phenoxy) is 1. The lowest BCUT2D eigenvalue weighted by Gasteiger charge is -2.34. The van der Waals surface area contributed by atoms with Crippen LogP contribution in [0.3, 0.4) is 0 Å². The number of hydrazone groups is 1. The highest BCUT2D eigenvalue weighted by atomic mass is 16.5. The van der Waals surface area contributed by atoms with Crippen molar-refractivity contribution in [3.05, 3.63) is 143 Å². The molecule has 0 bridgehead atoms. The highest BCUT2D eigenvalue weighted by Crippen LogP contribution is 2.56. The van der Waals surface area contributed by atoms with E-state index in [9.17, 15) is 0 Å². The zero-order chi connectivity index (χ0) is 28.9.